The minimum Gasteiger partial charge on any atom is -0.306 e. The van der Waals surface area contributed by atoms with Gasteiger partial charge in [0.2, 0.25) is 0 Å². The van der Waals surface area contributed by atoms with E-state index < -0.39 is 0 Å². The summed E-state index contributed by atoms with van der Waals surface area (Å²) >= 11 is 0. The summed E-state index contributed by atoms with van der Waals surface area (Å²) in [6, 6.07) is 43.4. The van der Waals surface area contributed by atoms with E-state index in [-0.39, 0.29) is 0 Å². The summed E-state index contributed by atoms with van der Waals surface area (Å²) < 4.78 is 4.89. The van der Waals surface area contributed by atoms with E-state index in [0.29, 0.717) is 0 Å². The predicted molar refractivity (Wildman–Crippen MR) is 174 cm³/mol. The molecule has 5 aromatic heterocycles. The molecule has 196 valence electrons. The van der Waals surface area contributed by atoms with Crippen molar-refractivity contribution >= 4 is 54.6 Å². The van der Waals surface area contributed by atoms with Crippen LogP contribution in [0.25, 0.3) is 76.9 Å². The van der Waals surface area contributed by atoms with E-state index in [4.69, 9.17) is 0 Å². The van der Waals surface area contributed by atoms with Crippen molar-refractivity contribution < 1.29 is 0 Å². The Balaban J connectivity index is 1.77. The molecule has 4 nitrogen and oxygen atoms in total. The van der Waals surface area contributed by atoms with Gasteiger partial charge in [-0.3, -0.25) is 9.97 Å². The van der Waals surface area contributed by atoms with Gasteiger partial charge in [0.1, 0.15) is 0 Å². The Morgan fingerprint density at radius 2 is 0.738 bits per heavy atom. The fraction of sp³-hybridized carbons (Fsp3) is 0. The van der Waals surface area contributed by atoms with Gasteiger partial charge in [-0.15, -0.1) is 0 Å². The number of benzene rings is 4. The average Bonchev–Trinajstić information content (AvgIpc) is 3.58. The minimum atomic E-state index is 1.05. The molecular formula is C38H24N4. The van der Waals surface area contributed by atoms with E-state index in [1.54, 1.807) is 0 Å². The summed E-state index contributed by atoms with van der Waals surface area (Å²) in [5, 5.41) is 4.52. The number of pyridine rings is 2. The summed E-state index contributed by atoms with van der Waals surface area (Å²) in [7, 11) is 0. The zero-order chi connectivity index (χ0) is 27.6. The molecule has 4 heteroatoms. The van der Waals surface area contributed by atoms with Crippen LogP contribution in [0.1, 0.15) is 0 Å². The molecule has 42 heavy (non-hydrogen) atoms. The normalized spacial score (nSPS) is 11.8. The third-order valence-corrected chi connectivity index (χ3v) is 8.47. The molecule has 0 aliphatic rings. The first kappa shape index (κ1) is 23.0. The molecule has 0 unspecified atom stereocenters. The Hall–Kier alpha value is -5.74. The van der Waals surface area contributed by atoms with Crippen LogP contribution in [0.2, 0.25) is 0 Å². The highest BCUT2D eigenvalue weighted by Gasteiger charge is 2.23. The maximum Gasteiger partial charge on any atom is 0.0795 e. The fourth-order valence-corrected chi connectivity index (χ4v) is 6.80. The SMILES string of the molecule is c1ccc(-c2c3ccccc3n3c4ccncc4c4cnccc4n4c5ccccc5c(-c5ccccc5)c4c23)cc1. The molecule has 9 rings (SSSR count). The van der Waals surface area contributed by atoms with E-state index in [2.05, 4.69) is 140 Å². The zero-order valence-electron chi connectivity index (χ0n) is 22.6. The first-order valence-electron chi connectivity index (χ1n) is 14.2. The Kier molecular flexibility index (Phi) is 4.87. The highest BCUT2D eigenvalue weighted by atomic mass is 15.0. The van der Waals surface area contributed by atoms with Gasteiger partial charge < -0.3 is 8.80 Å². The quantitative estimate of drug-likeness (QED) is 0.220. The molecule has 0 saturated heterocycles. The monoisotopic (exact) mass is 536 g/mol. The van der Waals surface area contributed by atoms with Gasteiger partial charge in [-0.25, -0.2) is 0 Å². The van der Waals surface area contributed by atoms with Crippen LogP contribution in [-0.2, 0) is 0 Å². The number of aromatic nitrogens is 4. The number of hydrogen-bond acceptors (Lipinski definition) is 2. The second kappa shape index (κ2) is 8.88. The molecule has 0 atom stereocenters. The zero-order valence-corrected chi connectivity index (χ0v) is 22.6. The molecule has 0 radical (unpaired) electrons. The Morgan fingerprint density at radius 3 is 1.19 bits per heavy atom. The minimum absolute atomic E-state index is 1.05. The van der Waals surface area contributed by atoms with Crippen molar-refractivity contribution in [3.8, 4) is 22.3 Å². The van der Waals surface area contributed by atoms with Crippen LogP contribution in [0.5, 0.6) is 0 Å². The van der Waals surface area contributed by atoms with Crippen molar-refractivity contribution in [1.29, 1.82) is 0 Å². The molecule has 5 heterocycles. The van der Waals surface area contributed by atoms with Gasteiger partial charge in [0.05, 0.1) is 33.1 Å². The molecule has 0 fully saturated rings. The maximum absolute atomic E-state index is 4.61. The number of hydrogen-bond donors (Lipinski definition) is 0. The van der Waals surface area contributed by atoms with Crippen molar-refractivity contribution in [2.45, 2.75) is 0 Å². The van der Waals surface area contributed by atoms with E-state index in [1.165, 1.54) is 33.0 Å². The van der Waals surface area contributed by atoms with E-state index >= 15 is 0 Å². The Labute approximate surface area is 241 Å². The number of rotatable bonds is 2. The topological polar surface area (TPSA) is 34.6 Å². The lowest BCUT2D eigenvalue weighted by Crippen LogP contribution is -1.95. The highest BCUT2D eigenvalue weighted by molar-refractivity contribution is 6.21. The summed E-state index contributed by atoms with van der Waals surface area (Å²) in [6.07, 6.45) is 7.74. The summed E-state index contributed by atoms with van der Waals surface area (Å²) in [5.41, 5.74) is 11.6. The van der Waals surface area contributed by atoms with Crippen LogP contribution in [0.3, 0.4) is 0 Å². The van der Waals surface area contributed by atoms with Crippen LogP contribution < -0.4 is 0 Å². The van der Waals surface area contributed by atoms with Crippen LogP contribution >= 0.6 is 0 Å². The van der Waals surface area contributed by atoms with Crippen molar-refractivity contribution in [1.82, 2.24) is 18.8 Å². The number of fused-ring (bicyclic) bond motifs is 12. The van der Waals surface area contributed by atoms with Crippen LogP contribution in [0, 0.1) is 0 Å². The first-order chi connectivity index (χ1) is 20.9. The van der Waals surface area contributed by atoms with Crippen LogP contribution in [0.4, 0.5) is 0 Å². The summed E-state index contributed by atoms with van der Waals surface area (Å²) in [5.74, 6) is 0. The second-order valence-corrected chi connectivity index (χ2v) is 10.7. The standard InChI is InChI=1S/C38H24N4/c1-3-11-25(12-4-1)35-27-15-7-9-17-31(27)41-33-19-21-39-23-29(33)30-24-40-22-20-34(30)42-32-18-10-8-16-28(32)36(38(42)37(35)41)26-13-5-2-6-14-26/h1-24H. The van der Waals surface area contributed by atoms with Crippen molar-refractivity contribution in [2.24, 2.45) is 0 Å². The fourth-order valence-electron chi connectivity index (χ4n) is 6.80. The molecule has 0 saturated carbocycles. The summed E-state index contributed by atoms with van der Waals surface area (Å²) in [6.45, 7) is 0. The second-order valence-electron chi connectivity index (χ2n) is 10.7. The molecule has 0 aliphatic carbocycles. The molecule has 0 bridgehead atoms. The molecular weight excluding hydrogens is 512 g/mol. The summed E-state index contributed by atoms with van der Waals surface area (Å²) in [4.78, 5) is 9.22. The van der Waals surface area contributed by atoms with Gasteiger partial charge >= 0.3 is 0 Å². The molecule has 0 N–H and O–H groups in total. The molecule has 4 aromatic carbocycles. The molecule has 0 amide bonds. The first-order valence-corrected chi connectivity index (χ1v) is 14.2. The Bertz CT molecular complexity index is 2330. The van der Waals surface area contributed by atoms with Crippen LogP contribution in [0.15, 0.2) is 146 Å². The lowest BCUT2D eigenvalue weighted by atomic mass is 9.99. The van der Waals surface area contributed by atoms with Crippen molar-refractivity contribution in [3.05, 3.63) is 146 Å². The Morgan fingerprint density at radius 1 is 0.357 bits per heavy atom. The third-order valence-electron chi connectivity index (χ3n) is 8.47. The van der Waals surface area contributed by atoms with Crippen molar-refractivity contribution in [2.75, 3.05) is 0 Å². The number of nitrogens with zero attached hydrogens (tertiary/aromatic N) is 4. The number of para-hydroxylation sites is 2. The molecule has 9 aromatic rings. The van der Waals surface area contributed by atoms with E-state index in [1.807, 2.05) is 24.8 Å². The van der Waals surface area contributed by atoms with Gasteiger partial charge in [-0.2, -0.15) is 0 Å². The molecule has 0 spiro atoms. The highest BCUT2D eigenvalue weighted by Crippen LogP contribution is 2.45. The predicted octanol–water partition coefficient (Wildman–Crippen LogP) is 9.49. The average molecular weight is 537 g/mol. The lowest BCUT2D eigenvalue weighted by molar-refractivity contribution is 1.26. The van der Waals surface area contributed by atoms with Crippen molar-refractivity contribution in [3.63, 3.8) is 0 Å². The maximum atomic E-state index is 4.61. The van der Waals surface area contributed by atoms with Gasteiger partial charge in [0.25, 0.3) is 0 Å². The molecule has 0 aliphatic heterocycles. The smallest absolute Gasteiger partial charge is 0.0795 e. The van der Waals surface area contributed by atoms with Gasteiger partial charge in [0.15, 0.2) is 0 Å². The van der Waals surface area contributed by atoms with Gasteiger partial charge in [-0.05, 0) is 35.4 Å². The largest absolute Gasteiger partial charge is 0.306 e. The van der Waals surface area contributed by atoms with Gasteiger partial charge in [0, 0.05) is 57.5 Å². The third kappa shape index (κ3) is 3.12. The van der Waals surface area contributed by atoms with Crippen LogP contribution in [-0.4, -0.2) is 18.8 Å². The van der Waals surface area contributed by atoms with E-state index in [0.717, 1.165) is 43.9 Å². The lowest BCUT2D eigenvalue weighted by Gasteiger charge is -2.11. The van der Waals surface area contributed by atoms with E-state index in [9.17, 15) is 0 Å². The van der Waals surface area contributed by atoms with Gasteiger partial charge in [-0.1, -0.05) is 97.1 Å².